The first-order chi connectivity index (χ1) is 8.59. The molecule has 1 N–H and O–H groups in total. The third-order valence-electron chi connectivity index (χ3n) is 1.96. The molecule has 0 aliphatic heterocycles. The Balaban J connectivity index is 2.16. The van der Waals surface area contributed by atoms with Crippen LogP contribution in [0, 0.1) is 0 Å². The van der Waals surface area contributed by atoms with Gasteiger partial charge in [0.15, 0.2) is 5.71 Å². The van der Waals surface area contributed by atoms with Gasteiger partial charge in [-0.2, -0.15) is 0 Å². The lowest BCUT2D eigenvalue weighted by molar-refractivity contribution is -0.129. The molecule has 5 nitrogen and oxygen atoms in total. The molecule has 1 aromatic rings. The summed E-state index contributed by atoms with van der Waals surface area (Å²) in [4.78, 5) is 15.2. The molecule has 0 spiro atoms. The Morgan fingerprint density at radius 3 is 2.89 bits per heavy atom. The molecule has 0 unspecified atom stereocenters. The molecule has 0 saturated heterocycles. The molecule has 0 aromatic heterocycles. The second-order valence-electron chi connectivity index (χ2n) is 3.47. The molecule has 1 aromatic carbocycles. The van der Waals surface area contributed by atoms with Crippen LogP contribution >= 0.6 is 11.6 Å². The van der Waals surface area contributed by atoms with Crippen LogP contribution < -0.4 is 4.74 Å². The van der Waals surface area contributed by atoms with Crippen LogP contribution in [-0.4, -0.2) is 30.0 Å². The van der Waals surface area contributed by atoms with Gasteiger partial charge in [-0.3, -0.25) is 0 Å². The van der Waals surface area contributed by atoms with Crippen molar-refractivity contribution in [3.8, 4) is 5.75 Å². The SMILES string of the molecule is C/C(=N/OCCCOc1cccc(Cl)c1)C(=O)O. The maximum Gasteiger partial charge on any atom is 0.353 e. The molecule has 0 atom stereocenters. The Bertz CT molecular complexity index is 434. The molecule has 0 aliphatic rings. The zero-order valence-corrected chi connectivity index (χ0v) is 10.7. The largest absolute Gasteiger partial charge is 0.493 e. The molecule has 0 aliphatic carbocycles. The molecule has 18 heavy (non-hydrogen) atoms. The predicted molar refractivity (Wildman–Crippen MR) is 68.3 cm³/mol. The Kier molecular flexibility index (Phi) is 6.00. The molecule has 0 amide bonds. The molecule has 0 saturated carbocycles. The van der Waals surface area contributed by atoms with Gasteiger partial charge in [0.1, 0.15) is 12.4 Å². The topological polar surface area (TPSA) is 68.1 Å². The third-order valence-corrected chi connectivity index (χ3v) is 2.19. The molecule has 1 rings (SSSR count). The normalized spacial score (nSPS) is 11.1. The fourth-order valence-electron chi connectivity index (χ4n) is 1.05. The van der Waals surface area contributed by atoms with E-state index in [4.69, 9.17) is 26.3 Å². The highest BCUT2D eigenvalue weighted by Gasteiger charge is 2.01. The highest BCUT2D eigenvalue weighted by atomic mass is 35.5. The van der Waals surface area contributed by atoms with E-state index < -0.39 is 5.97 Å². The van der Waals surface area contributed by atoms with E-state index >= 15 is 0 Å². The number of ether oxygens (including phenoxy) is 1. The first-order valence-corrected chi connectivity index (χ1v) is 5.75. The minimum atomic E-state index is -1.09. The second kappa shape index (κ2) is 7.55. The number of nitrogens with zero attached hydrogens (tertiary/aromatic N) is 1. The van der Waals surface area contributed by atoms with E-state index in [1.54, 1.807) is 24.3 Å². The van der Waals surface area contributed by atoms with Crippen LogP contribution in [0.15, 0.2) is 29.4 Å². The summed E-state index contributed by atoms with van der Waals surface area (Å²) in [6.07, 6.45) is 0.600. The molecule has 0 heterocycles. The van der Waals surface area contributed by atoms with Crippen LogP contribution in [0.1, 0.15) is 13.3 Å². The Hall–Kier alpha value is -1.75. The van der Waals surface area contributed by atoms with E-state index in [1.807, 2.05) is 0 Å². The lowest BCUT2D eigenvalue weighted by Crippen LogP contribution is -2.09. The van der Waals surface area contributed by atoms with Crippen LogP contribution in [-0.2, 0) is 9.63 Å². The Morgan fingerprint density at radius 1 is 1.44 bits per heavy atom. The van der Waals surface area contributed by atoms with Crippen LogP contribution in [0.2, 0.25) is 5.02 Å². The summed E-state index contributed by atoms with van der Waals surface area (Å²) in [6.45, 7) is 2.11. The van der Waals surface area contributed by atoms with Gasteiger partial charge in [-0.25, -0.2) is 4.79 Å². The van der Waals surface area contributed by atoms with Crippen LogP contribution in [0.25, 0.3) is 0 Å². The van der Waals surface area contributed by atoms with E-state index in [9.17, 15) is 4.79 Å². The van der Waals surface area contributed by atoms with Crippen molar-refractivity contribution in [1.82, 2.24) is 0 Å². The molecule has 0 radical (unpaired) electrons. The van der Waals surface area contributed by atoms with Gasteiger partial charge < -0.3 is 14.7 Å². The van der Waals surface area contributed by atoms with Gasteiger partial charge in [0, 0.05) is 11.4 Å². The summed E-state index contributed by atoms with van der Waals surface area (Å²) < 4.78 is 5.41. The van der Waals surface area contributed by atoms with Gasteiger partial charge in [-0.05, 0) is 25.1 Å². The number of rotatable bonds is 7. The van der Waals surface area contributed by atoms with Gasteiger partial charge in [-0.15, -0.1) is 0 Å². The Morgan fingerprint density at radius 2 is 2.22 bits per heavy atom. The first kappa shape index (κ1) is 14.3. The van der Waals surface area contributed by atoms with Crippen molar-refractivity contribution in [2.45, 2.75) is 13.3 Å². The van der Waals surface area contributed by atoms with Crippen LogP contribution in [0.4, 0.5) is 0 Å². The average molecular weight is 272 g/mol. The van der Waals surface area contributed by atoms with Gasteiger partial charge in [0.05, 0.1) is 6.61 Å². The highest BCUT2D eigenvalue weighted by molar-refractivity contribution is 6.34. The maximum atomic E-state index is 10.4. The fourth-order valence-corrected chi connectivity index (χ4v) is 1.23. The van der Waals surface area contributed by atoms with Gasteiger partial charge in [0.25, 0.3) is 0 Å². The van der Waals surface area contributed by atoms with Crippen LogP contribution in [0.3, 0.4) is 0 Å². The Labute approximate surface area is 110 Å². The number of oxime groups is 1. The van der Waals surface area contributed by atoms with Crippen LogP contribution in [0.5, 0.6) is 5.75 Å². The zero-order valence-electron chi connectivity index (χ0n) is 9.93. The zero-order chi connectivity index (χ0) is 13.4. The quantitative estimate of drug-likeness (QED) is 0.470. The van der Waals surface area contributed by atoms with Crippen molar-refractivity contribution < 1.29 is 19.5 Å². The van der Waals surface area contributed by atoms with E-state index in [1.165, 1.54) is 6.92 Å². The lowest BCUT2D eigenvalue weighted by Gasteiger charge is -2.05. The van der Waals surface area contributed by atoms with Gasteiger partial charge >= 0.3 is 5.97 Å². The molecule has 0 bridgehead atoms. The molecule has 0 fully saturated rings. The number of carboxylic acid groups (broad SMARTS) is 1. The van der Waals surface area contributed by atoms with Crippen molar-refractivity contribution >= 4 is 23.3 Å². The maximum absolute atomic E-state index is 10.4. The number of carbonyl (C=O) groups is 1. The molecular formula is C12H14ClNO4. The third kappa shape index (κ3) is 5.54. The predicted octanol–water partition coefficient (Wildman–Crippen LogP) is 2.59. The van der Waals surface area contributed by atoms with E-state index in [0.29, 0.717) is 30.4 Å². The minimum absolute atomic E-state index is 0.0780. The van der Waals surface area contributed by atoms with Gasteiger partial charge in [0.2, 0.25) is 0 Å². The summed E-state index contributed by atoms with van der Waals surface area (Å²) in [5.74, 6) is -0.405. The summed E-state index contributed by atoms with van der Waals surface area (Å²) in [5, 5.41) is 12.6. The number of carboxylic acids is 1. The molecular weight excluding hydrogens is 258 g/mol. The summed E-state index contributed by atoms with van der Waals surface area (Å²) in [6, 6.07) is 7.09. The minimum Gasteiger partial charge on any atom is -0.493 e. The van der Waals surface area contributed by atoms with Crippen molar-refractivity contribution in [2.24, 2.45) is 5.16 Å². The summed E-state index contributed by atoms with van der Waals surface area (Å²) in [7, 11) is 0. The monoisotopic (exact) mass is 271 g/mol. The number of benzene rings is 1. The summed E-state index contributed by atoms with van der Waals surface area (Å²) >= 11 is 5.79. The number of hydrogen-bond acceptors (Lipinski definition) is 4. The first-order valence-electron chi connectivity index (χ1n) is 5.38. The van der Waals surface area contributed by atoms with E-state index in [-0.39, 0.29) is 5.71 Å². The standard InChI is InChI=1S/C12H14ClNO4/c1-9(12(15)16)14-18-7-3-6-17-11-5-2-4-10(13)8-11/h2,4-5,8H,3,6-7H2,1H3,(H,15,16)/b14-9-. The summed E-state index contributed by atoms with van der Waals surface area (Å²) in [5.41, 5.74) is -0.0780. The lowest BCUT2D eigenvalue weighted by atomic mass is 10.3. The van der Waals surface area contributed by atoms with E-state index in [2.05, 4.69) is 5.16 Å². The average Bonchev–Trinajstić information content (AvgIpc) is 2.33. The molecule has 98 valence electrons. The van der Waals surface area contributed by atoms with Crippen molar-refractivity contribution in [1.29, 1.82) is 0 Å². The fraction of sp³-hybridized carbons (Fsp3) is 0.333. The number of halogens is 1. The van der Waals surface area contributed by atoms with E-state index in [0.717, 1.165) is 0 Å². The van der Waals surface area contributed by atoms with Crippen molar-refractivity contribution in [3.63, 3.8) is 0 Å². The molecule has 6 heteroatoms. The van der Waals surface area contributed by atoms with Crippen molar-refractivity contribution in [2.75, 3.05) is 13.2 Å². The second-order valence-corrected chi connectivity index (χ2v) is 3.91. The van der Waals surface area contributed by atoms with Crippen molar-refractivity contribution in [3.05, 3.63) is 29.3 Å². The highest BCUT2D eigenvalue weighted by Crippen LogP contribution is 2.16. The number of aliphatic carboxylic acids is 1. The smallest absolute Gasteiger partial charge is 0.353 e. The van der Waals surface area contributed by atoms with Gasteiger partial charge in [-0.1, -0.05) is 22.8 Å². The number of hydrogen-bond donors (Lipinski definition) is 1.